The summed E-state index contributed by atoms with van der Waals surface area (Å²) in [6.45, 7) is 4.84. The Labute approximate surface area is 86.1 Å². The zero-order valence-corrected chi connectivity index (χ0v) is 8.99. The van der Waals surface area contributed by atoms with Crippen LogP contribution in [0.5, 0.6) is 5.75 Å². The first kappa shape index (κ1) is 11.1. The maximum absolute atomic E-state index is 5.99. The number of ether oxygens (including phenoxy) is 1. The summed E-state index contributed by atoms with van der Waals surface area (Å²) < 4.78 is 5.36. The lowest BCUT2D eigenvalue weighted by molar-refractivity contribution is 0.340. The highest BCUT2D eigenvalue weighted by Crippen LogP contribution is 2.19. The predicted octanol–water partition coefficient (Wildman–Crippen LogP) is 2.89. The van der Waals surface area contributed by atoms with Crippen molar-refractivity contribution in [3.63, 3.8) is 0 Å². The van der Waals surface area contributed by atoms with E-state index in [-0.39, 0.29) is 6.04 Å². The van der Waals surface area contributed by atoms with E-state index in [1.807, 2.05) is 31.2 Å². The molecule has 2 heteroatoms. The summed E-state index contributed by atoms with van der Waals surface area (Å²) in [5.74, 6) is 0.917. The largest absolute Gasteiger partial charge is 0.494 e. The summed E-state index contributed by atoms with van der Waals surface area (Å²) in [7, 11) is 0. The van der Waals surface area contributed by atoms with Crippen molar-refractivity contribution in [2.75, 3.05) is 6.61 Å². The van der Waals surface area contributed by atoms with Crippen molar-refractivity contribution in [1.29, 1.82) is 0 Å². The lowest BCUT2D eigenvalue weighted by atomic mass is 10.0. The Hall–Kier alpha value is -1.02. The highest BCUT2D eigenvalue weighted by atomic mass is 16.5. The van der Waals surface area contributed by atoms with Crippen molar-refractivity contribution < 1.29 is 4.74 Å². The molecule has 2 N–H and O–H groups in total. The van der Waals surface area contributed by atoms with Gasteiger partial charge in [-0.05, 0) is 31.0 Å². The molecule has 0 aliphatic carbocycles. The summed E-state index contributed by atoms with van der Waals surface area (Å²) >= 11 is 0. The minimum atomic E-state index is 0.163. The lowest BCUT2D eigenvalue weighted by Crippen LogP contribution is -2.09. The van der Waals surface area contributed by atoms with E-state index < -0.39 is 0 Å². The molecule has 0 aliphatic rings. The molecule has 1 aromatic rings. The summed E-state index contributed by atoms with van der Waals surface area (Å²) in [5, 5.41) is 0. The normalized spacial score (nSPS) is 12.5. The Morgan fingerprint density at radius 1 is 1.21 bits per heavy atom. The highest BCUT2D eigenvalue weighted by Gasteiger charge is 2.03. The molecular weight excluding hydrogens is 174 g/mol. The molecule has 0 saturated carbocycles. The molecule has 1 atom stereocenters. The number of rotatable bonds is 5. The molecule has 2 nitrogen and oxygen atoms in total. The van der Waals surface area contributed by atoms with Gasteiger partial charge in [0.2, 0.25) is 0 Å². The third kappa shape index (κ3) is 3.04. The van der Waals surface area contributed by atoms with E-state index in [0.717, 1.165) is 18.6 Å². The molecule has 1 rings (SSSR count). The Kier molecular flexibility index (Phi) is 4.47. The zero-order valence-electron chi connectivity index (χ0n) is 8.99. The molecule has 78 valence electrons. The standard InChI is InChI=1S/C12H19NO/c1-3-5-12(13)10-6-8-11(9-7-10)14-4-2/h6-9,12H,3-5,13H2,1-2H3. The average Bonchev–Trinajstić information content (AvgIpc) is 2.20. The molecule has 0 spiro atoms. The Morgan fingerprint density at radius 2 is 1.86 bits per heavy atom. The van der Waals surface area contributed by atoms with Crippen molar-refractivity contribution in [3.05, 3.63) is 29.8 Å². The second-order valence-corrected chi connectivity index (χ2v) is 3.40. The lowest BCUT2D eigenvalue weighted by Gasteiger charge is -2.11. The Morgan fingerprint density at radius 3 is 2.36 bits per heavy atom. The van der Waals surface area contributed by atoms with Crippen molar-refractivity contribution in [1.82, 2.24) is 0 Å². The molecule has 0 heterocycles. The minimum Gasteiger partial charge on any atom is -0.494 e. The van der Waals surface area contributed by atoms with E-state index in [1.54, 1.807) is 0 Å². The maximum atomic E-state index is 5.99. The van der Waals surface area contributed by atoms with Crippen LogP contribution in [0.1, 0.15) is 38.3 Å². The molecule has 0 fully saturated rings. The zero-order chi connectivity index (χ0) is 10.4. The van der Waals surface area contributed by atoms with Crippen LogP contribution in [0.25, 0.3) is 0 Å². The van der Waals surface area contributed by atoms with Gasteiger partial charge in [0, 0.05) is 6.04 Å². The molecule has 0 aromatic heterocycles. The third-order valence-corrected chi connectivity index (χ3v) is 2.22. The van der Waals surface area contributed by atoms with Gasteiger partial charge >= 0.3 is 0 Å². The van der Waals surface area contributed by atoms with Crippen molar-refractivity contribution in [3.8, 4) is 5.75 Å². The van der Waals surface area contributed by atoms with Gasteiger partial charge in [0.25, 0.3) is 0 Å². The smallest absolute Gasteiger partial charge is 0.119 e. The van der Waals surface area contributed by atoms with Crippen LogP contribution in [0.4, 0.5) is 0 Å². The van der Waals surface area contributed by atoms with E-state index in [1.165, 1.54) is 5.56 Å². The van der Waals surface area contributed by atoms with E-state index in [4.69, 9.17) is 10.5 Å². The third-order valence-electron chi connectivity index (χ3n) is 2.22. The SMILES string of the molecule is CCCC(N)c1ccc(OCC)cc1. The van der Waals surface area contributed by atoms with Gasteiger partial charge in [-0.1, -0.05) is 25.5 Å². The van der Waals surface area contributed by atoms with Crippen molar-refractivity contribution >= 4 is 0 Å². The maximum Gasteiger partial charge on any atom is 0.119 e. The highest BCUT2D eigenvalue weighted by molar-refractivity contribution is 5.28. The molecule has 14 heavy (non-hydrogen) atoms. The van der Waals surface area contributed by atoms with Crippen LogP contribution < -0.4 is 10.5 Å². The Bertz CT molecular complexity index is 256. The number of nitrogens with two attached hydrogens (primary N) is 1. The molecule has 0 saturated heterocycles. The fourth-order valence-corrected chi connectivity index (χ4v) is 1.46. The minimum absolute atomic E-state index is 0.163. The van der Waals surface area contributed by atoms with Gasteiger partial charge in [-0.15, -0.1) is 0 Å². The van der Waals surface area contributed by atoms with Gasteiger partial charge in [-0.25, -0.2) is 0 Å². The van der Waals surface area contributed by atoms with Gasteiger partial charge in [0.1, 0.15) is 5.75 Å². The second kappa shape index (κ2) is 5.66. The molecule has 0 radical (unpaired) electrons. The summed E-state index contributed by atoms with van der Waals surface area (Å²) in [6.07, 6.45) is 2.16. The van der Waals surface area contributed by atoms with Crippen LogP contribution in [0.15, 0.2) is 24.3 Å². The van der Waals surface area contributed by atoms with Crippen LogP contribution in [-0.4, -0.2) is 6.61 Å². The number of hydrogen-bond donors (Lipinski definition) is 1. The van der Waals surface area contributed by atoms with Crippen LogP contribution in [0.2, 0.25) is 0 Å². The molecule has 1 unspecified atom stereocenters. The summed E-state index contributed by atoms with van der Waals surface area (Å²) in [4.78, 5) is 0. The van der Waals surface area contributed by atoms with E-state index in [2.05, 4.69) is 6.92 Å². The molecule has 0 bridgehead atoms. The van der Waals surface area contributed by atoms with Gasteiger partial charge in [0.05, 0.1) is 6.61 Å². The van der Waals surface area contributed by atoms with Gasteiger partial charge in [-0.2, -0.15) is 0 Å². The first-order valence-corrected chi connectivity index (χ1v) is 5.26. The Balaban J connectivity index is 2.62. The van der Waals surface area contributed by atoms with Crippen LogP contribution in [0.3, 0.4) is 0 Å². The first-order valence-electron chi connectivity index (χ1n) is 5.26. The fraction of sp³-hybridized carbons (Fsp3) is 0.500. The average molecular weight is 193 g/mol. The monoisotopic (exact) mass is 193 g/mol. The topological polar surface area (TPSA) is 35.2 Å². The quantitative estimate of drug-likeness (QED) is 0.780. The van der Waals surface area contributed by atoms with Crippen LogP contribution in [-0.2, 0) is 0 Å². The van der Waals surface area contributed by atoms with E-state index >= 15 is 0 Å². The fourth-order valence-electron chi connectivity index (χ4n) is 1.46. The van der Waals surface area contributed by atoms with Crippen LogP contribution in [0, 0.1) is 0 Å². The van der Waals surface area contributed by atoms with Crippen LogP contribution >= 0.6 is 0 Å². The predicted molar refractivity (Wildman–Crippen MR) is 59.4 cm³/mol. The van der Waals surface area contributed by atoms with Crippen molar-refractivity contribution in [2.45, 2.75) is 32.7 Å². The number of benzene rings is 1. The first-order chi connectivity index (χ1) is 6.77. The molecule has 1 aromatic carbocycles. The molecular formula is C12H19NO. The van der Waals surface area contributed by atoms with Gasteiger partial charge in [0.15, 0.2) is 0 Å². The van der Waals surface area contributed by atoms with E-state index in [9.17, 15) is 0 Å². The van der Waals surface area contributed by atoms with Crippen molar-refractivity contribution in [2.24, 2.45) is 5.73 Å². The van der Waals surface area contributed by atoms with E-state index in [0.29, 0.717) is 6.61 Å². The van der Waals surface area contributed by atoms with Gasteiger partial charge in [-0.3, -0.25) is 0 Å². The molecule has 0 amide bonds. The van der Waals surface area contributed by atoms with Gasteiger partial charge < -0.3 is 10.5 Å². The number of hydrogen-bond acceptors (Lipinski definition) is 2. The summed E-state index contributed by atoms with van der Waals surface area (Å²) in [5.41, 5.74) is 7.18. The summed E-state index contributed by atoms with van der Waals surface area (Å²) in [6, 6.07) is 8.22. The molecule has 0 aliphatic heterocycles. The second-order valence-electron chi connectivity index (χ2n) is 3.40.